The van der Waals surface area contributed by atoms with Gasteiger partial charge in [0.15, 0.2) is 0 Å². The molecule has 28 heavy (non-hydrogen) atoms. The van der Waals surface area contributed by atoms with Crippen LogP contribution in [0.5, 0.6) is 5.75 Å². The summed E-state index contributed by atoms with van der Waals surface area (Å²) < 4.78 is 6.63. The minimum Gasteiger partial charge on any atom is -0.485 e. The van der Waals surface area contributed by atoms with E-state index in [1.165, 1.54) is 38.6 Å². The summed E-state index contributed by atoms with van der Waals surface area (Å²) >= 11 is 0. The van der Waals surface area contributed by atoms with E-state index in [0.717, 1.165) is 49.5 Å². The highest BCUT2D eigenvalue weighted by atomic mass is 16.5. The average molecular weight is 385 g/mol. The summed E-state index contributed by atoms with van der Waals surface area (Å²) in [4.78, 5) is 16.8. The predicted molar refractivity (Wildman–Crippen MR) is 112 cm³/mol. The van der Waals surface area contributed by atoms with E-state index in [2.05, 4.69) is 24.1 Å². The van der Waals surface area contributed by atoms with Crippen molar-refractivity contribution in [2.45, 2.75) is 82.9 Å². The van der Waals surface area contributed by atoms with E-state index < -0.39 is 0 Å². The van der Waals surface area contributed by atoms with Gasteiger partial charge in [-0.1, -0.05) is 37.5 Å². The van der Waals surface area contributed by atoms with Gasteiger partial charge in [0, 0.05) is 31.6 Å². The third-order valence-corrected chi connectivity index (χ3v) is 7.35. The van der Waals surface area contributed by atoms with Gasteiger partial charge in [-0.15, -0.1) is 0 Å². The Morgan fingerprint density at radius 2 is 1.86 bits per heavy atom. The first-order chi connectivity index (χ1) is 13.5. The summed E-state index contributed by atoms with van der Waals surface area (Å²) in [5.74, 6) is 2.01. The number of hydrogen-bond acceptors (Lipinski definition) is 3. The van der Waals surface area contributed by atoms with Crippen molar-refractivity contribution in [1.29, 1.82) is 0 Å². The number of ether oxygens (including phenoxy) is 1. The van der Waals surface area contributed by atoms with Crippen LogP contribution in [0.3, 0.4) is 0 Å². The maximum Gasteiger partial charge on any atom is 0.219 e. The molecule has 0 aromatic heterocycles. The molecule has 1 heterocycles. The van der Waals surface area contributed by atoms with Crippen LogP contribution in [0.15, 0.2) is 24.3 Å². The molecule has 0 unspecified atom stereocenters. The molecule has 0 N–H and O–H groups in total. The summed E-state index contributed by atoms with van der Waals surface area (Å²) in [6.45, 7) is 4.32. The van der Waals surface area contributed by atoms with Crippen molar-refractivity contribution in [3.63, 3.8) is 0 Å². The number of carbonyl (C=O) groups excluding carboxylic acids is 1. The number of para-hydroxylation sites is 1. The fourth-order valence-corrected chi connectivity index (χ4v) is 5.59. The smallest absolute Gasteiger partial charge is 0.219 e. The molecule has 4 nitrogen and oxygen atoms in total. The molecule has 1 aromatic rings. The number of fused-ring (bicyclic) bond motifs is 1. The lowest BCUT2D eigenvalue weighted by Crippen LogP contribution is -2.52. The third kappa shape index (κ3) is 4.37. The van der Waals surface area contributed by atoms with Crippen molar-refractivity contribution < 1.29 is 9.53 Å². The number of hydrogen-bond donors (Lipinski definition) is 0. The number of rotatable bonds is 3. The molecule has 2 fully saturated rings. The van der Waals surface area contributed by atoms with Gasteiger partial charge in [0.05, 0.1) is 6.54 Å². The van der Waals surface area contributed by atoms with Crippen molar-refractivity contribution in [3.8, 4) is 5.75 Å². The Bertz CT molecular complexity index is 675. The van der Waals surface area contributed by atoms with Crippen LogP contribution in [-0.4, -0.2) is 47.5 Å². The molecule has 154 valence electrons. The molecular formula is C24H36N2O2. The standard InChI is InChI=1S/C24H36N2O2/c1-19(27)26-17-21-10-6-7-11-23(21)28-24(18-26)14-12-22(13-15-24)25(2)16-20-8-4-3-5-9-20/h6-7,10-11,20,22H,3-5,8-9,12-18H2,1-2H3. The van der Waals surface area contributed by atoms with Gasteiger partial charge < -0.3 is 14.5 Å². The maximum absolute atomic E-state index is 12.2. The minimum absolute atomic E-state index is 0.149. The van der Waals surface area contributed by atoms with Gasteiger partial charge in [-0.3, -0.25) is 4.79 Å². The minimum atomic E-state index is -0.222. The molecule has 0 saturated heterocycles. The first-order valence-corrected chi connectivity index (χ1v) is 11.3. The summed E-state index contributed by atoms with van der Waals surface area (Å²) in [5.41, 5.74) is 0.909. The molecule has 4 rings (SSSR count). The van der Waals surface area contributed by atoms with Crippen LogP contribution >= 0.6 is 0 Å². The topological polar surface area (TPSA) is 32.8 Å². The maximum atomic E-state index is 12.2. The highest BCUT2D eigenvalue weighted by molar-refractivity contribution is 5.73. The number of amides is 1. The normalized spacial score (nSPS) is 28.7. The molecule has 1 spiro atoms. The van der Waals surface area contributed by atoms with E-state index in [0.29, 0.717) is 12.6 Å². The monoisotopic (exact) mass is 384 g/mol. The Hall–Kier alpha value is -1.55. The Kier molecular flexibility index (Phi) is 5.96. The van der Waals surface area contributed by atoms with Crippen LogP contribution in [0.1, 0.15) is 70.3 Å². The molecule has 0 atom stereocenters. The summed E-state index contributed by atoms with van der Waals surface area (Å²) in [6.07, 6.45) is 11.5. The van der Waals surface area contributed by atoms with Gasteiger partial charge in [0.2, 0.25) is 5.91 Å². The van der Waals surface area contributed by atoms with E-state index in [9.17, 15) is 4.79 Å². The lowest BCUT2D eigenvalue weighted by Gasteiger charge is -2.44. The van der Waals surface area contributed by atoms with Crippen molar-refractivity contribution in [2.75, 3.05) is 20.1 Å². The van der Waals surface area contributed by atoms with Crippen LogP contribution in [-0.2, 0) is 11.3 Å². The molecule has 0 radical (unpaired) electrons. The highest BCUT2D eigenvalue weighted by Crippen LogP contribution is 2.39. The molecule has 1 aliphatic heterocycles. The zero-order valence-electron chi connectivity index (χ0n) is 17.7. The summed E-state index contributed by atoms with van der Waals surface area (Å²) in [6, 6.07) is 8.89. The largest absolute Gasteiger partial charge is 0.485 e. The van der Waals surface area contributed by atoms with E-state index in [1.54, 1.807) is 6.92 Å². The fraction of sp³-hybridized carbons (Fsp3) is 0.708. The van der Waals surface area contributed by atoms with Gasteiger partial charge in [0.1, 0.15) is 11.4 Å². The summed E-state index contributed by atoms with van der Waals surface area (Å²) in [5, 5.41) is 0. The Balaban J connectivity index is 1.42. The molecule has 0 bridgehead atoms. The lowest BCUT2D eigenvalue weighted by atomic mass is 9.80. The number of benzene rings is 1. The fourth-order valence-electron chi connectivity index (χ4n) is 5.59. The van der Waals surface area contributed by atoms with Crippen LogP contribution in [0.2, 0.25) is 0 Å². The second-order valence-electron chi connectivity index (χ2n) is 9.44. The highest BCUT2D eigenvalue weighted by Gasteiger charge is 2.42. The molecule has 2 saturated carbocycles. The molecule has 2 aliphatic carbocycles. The average Bonchev–Trinajstić information content (AvgIpc) is 2.86. The van der Waals surface area contributed by atoms with Crippen LogP contribution in [0.4, 0.5) is 0 Å². The first kappa shape index (κ1) is 19.8. The quantitative estimate of drug-likeness (QED) is 0.762. The lowest BCUT2D eigenvalue weighted by molar-refractivity contribution is -0.132. The predicted octanol–water partition coefficient (Wildman–Crippen LogP) is 4.62. The third-order valence-electron chi connectivity index (χ3n) is 7.35. The molecular weight excluding hydrogens is 348 g/mol. The van der Waals surface area contributed by atoms with Crippen molar-refractivity contribution >= 4 is 5.91 Å². The van der Waals surface area contributed by atoms with E-state index in [-0.39, 0.29) is 11.5 Å². The van der Waals surface area contributed by atoms with Gasteiger partial charge in [-0.25, -0.2) is 0 Å². The van der Waals surface area contributed by atoms with Gasteiger partial charge >= 0.3 is 0 Å². The first-order valence-electron chi connectivity index (χ1n) is 11.3. The number of nitrogens with zero attached hydrogens (tertiary/aromatic N) is 2. The van der Waals surface area contributed by atoms with Crippen LogP contribution in [0.25, 0.3) is 0 Å². The van der Waals surface area contributed by atoms with E-state index in [4.69, 9.17) is 4.74 Å². The second kappa shape index (κ2) is 8.44. The van der Waals surface area contributed by atoms with Crippen molar-refractivity contribution in [3.05, 3.63) is 29.8 Å². The molecule has 4 heteroatoms. The van der Waals surface area contributed by atoms with Crippen molar-refractivity contribution in [2.24, 2.45) is 5.92 Å². The zero-order valence-corrected chi connectivity index (χ0v) is 17.7. The Morgan fingerprint density at radius 1 is 1.14 bits per heavy atom. The Morgan fingerprint density at radius 3 is 2.57 bits per heavy atom. The molecule has 1 aromatic carbocycles. The van der Waals surface area contributed by atoms with E-state index >= 15 is 0 Å². The second-order valence-corrected chi connectivity index (χ2v) is 9.44. The summed E-state index contributed by atoms with van der Waals surface area (Å²) in [7, 11) is 2.32. The Labute approximate surface area is 170 Å². The van der Waals surface area contributed by atoms with Gasteiger partial charge in [-0.2, -0.15) is 0 Å². The van der Waals surface area contributed by atoms with E-state index in [1.807, 2.05) is 17.0 Å². The number of carbonyl (C=O) groups is 1. The molecule has 1 amide bonds. The van der Waals surface area contributed by atoms with Gasteiger partial charge in [-0.05, 0) is 57.6 Å². The SMILES string of the molecule is CC(=O)N1Cc2ccccc2OC2(CCC(N(C)CC3CCCCC3)CC2)C1. The van der Waals surface area contributed by atoms with Gasteiger partial charge in [0.25, 0.3) is 0 Å². The van der Waals surface area contributed by atoms with Crippen molar-refractivity contribution in [1.82, 2.24) is 9.80 Å². The van der Waals surface area contributed by atoms with Crippen LogP contribution in [0, 0.1) is 5.92 Å². The van der Waals surface area contributed by atoms with Crippen LogP contribution < -0.4 is 4.74 Å². The zero-order chi connectivity index (χ0) is 19.6. The molecule has 3 aliphatic rings.